The summed E-state index contributed by atoms with van der Waals surface area (Å²) >= 11 is 6.34. The van der Waals surface area contributed by atoms with Crippen LogP contribution < -0.4 is 10.2 Å². The number of halogens is 1. The van der Waals surface area contributed by atoms with Gasteiger partial charge < -0.3 is 19.4 Å². The number of hydrogen-bond donors (Lipinski definition) is 1. The van der Waals surface area contributed by atoms with Crippen molar-refractivity contribution in [1.29, 1.82) is 0 Å². The van der Waals surface area contributed by atoms with Crippen LogP contribution in [-0.4, -0.2) is 42.1 Å². The van der Waals surface area contributed by atoms with Crippen molar-refractivity contribution in [3.05, 3.63) is 80.9 Å². The highest BCUT2D eigenvalue weighted by Crippen LogP contribution is 2.32. The topological polar surface area (TPSA) is 111 Å². The first-order chi connectivity index (χ1) is 16.9. The molecule has 0 aliphatic carbocycles. The van der Waals surface area contributed by atoms with Crippen molar-refractivity contribution >= 4 is 45.7 Å². The van der Waals surface area contributed by atoms with E-state index in [2.05, 4.69) is 10.3 Å². The van der Waals surface area contributed by atoms with Crippen LogP contribution in [0, 0.1) is 17.0 Å². The van der Waals surface area contributed by atoms with Gasteiger partial charge in [0.05, 0.1) is 28.7 Å². The molecule has 1 amide bonds. The normalized spacial score (nSPS) is 13.7. The second kappa shape index (κ2) is 9.36. The Balaban J connectivity index is 1.39. The number of anilines is 2. The number of hydrogen-bond acceptors (Lipinski definition) is 7. The molecule has 35 heavy (non-hydrogen) atoms. The zero-order valence-electron chi connectivity index (χ0n) is 18.8. The molecule has 1 saturated heterocycles. The molecule has 0 atom stereocenters. The SMILES string of the molecule is Cc1ccc(-c2nc3cc(NC(=O)c4ccc(N5CCOCC5)c([N+](=O)[O-])c4)ccc3o2)c(Cl)c1. The van der Waals surface area contributed by atoms with Crippen LogP contribution in [0.2, 0.25) is 5.02 Å². The van der Waals surface area contributed by atoms with Gasteiger partial charge in [0.2, 0.25) is 5.89 Å². The summed E-state index contributed by atoms with van der Waals surface area (Å²) in [4.78, 5) is 30.5. The van der Waals surface area contributed by atoms with Gasteiger partial charge in [0, 0.05) is 30.4 Å². The summed E-state index contributed by atoms with van der Waals surface area (Å²) in [6.07, 6.45) is 0. The van der Waals surface area contributed by atoms with E-state index in [0.717, 1.165) is 5.56 Å². The number of carbonyl (C=O) groups is 1. The van der Waals surface area contributed by atoms with Gasteiger partial charge in [-0.15, -0.1) is 0 Å². The van der Waals surface area contributed by atoms with Crippen LogP contribution in [0.3, 0.4) is 0 Å². The van der Waals surface area contributed by atoms with E-state index in [4.69, 9.17) is 20.8 Å². The number of ether oxygens (including phenoxy) is 1. The summed E-state index contributed by atoms with van der Waals surface area (Å²) in [7, 11) is 0. The van der Waals surface area contributed by atoms with Gasteiger partial charge in [0.1, 0.15) is 11.2 Å². The van der Waals surface area contributed by atoms with Gasteiger partial charge in [-0.2, -0.15) is 0 Å². The predicted octanol–water partition coefficient (Wildman–Crippen LogP) is 5.45. The standard InChI is InChI=1S/C25H21ClN4O5/c1-15-2-5-18(19(26)12-15)25-28-20-14-17(4-7-23(20)35-25)27-24(31)16-3-6-21(22(13-16)30(32)33)29-8-10-34-11-9-29/h2-7,12-14H,8-11H2,1H3,(H,27,31). The quantitative estimate of drug-likeness (QED) is 0.291. The molecule has 0 spiro atoms. The van der Waals surface area contributed by atoms with Gasteiger partial charge in [0.15, 0.2) is 5.58 Å². The lowest BCUT2D eigenvalue weighted by atomic mass is 10.1. The van der Waals surface area contributed by atoms with Crippen molar-refractivity contribution in [3.63, 3.8) is 0 Å². The van der Waals surface area contributed by atoms with Crippen molar-refractivity contribution in [3.8, 4) is 11.5 Å². The maximum atomic E-state index is 12.9. The number of aromatic nitrogens is 1. The summed E-state index contributed by atoms with van der Waals surface area (Å²) in [5, 5.41) is 15.0. The smallest absolute Gasteiger partial charge is 0.293 e. The molecule has 1 aromatic heterocycles. The number of benzene rings is 3. The highest BCUT2D eigenvalue weighted by atomic mass is 35.5. The van der Waals surface area contributed by atoms with Gasteiger partial charge >= 0.3 is 0 Å². The molecule has 0 bridgehead atoms. The van der Waals surface area contributed by atoms with Gasteiger partial charge in [-0.3, -0.25) is 14.9 Å². The fourth-order valence-corrected chi connectivity index (χ4v) is 4.32. The Hall–Kier alpha value is -3.95. The molecule has 0 radical (unpaired) electrons. The Morgan fingerprint density at radius 3 is 2.66 bits per heavy atom. The maximum Gasteiger partial charge on any atom is 0.293 e. The highest BCUT2D eigenvalue weighted by molar-refractivity contribution is 6.33. The minimum absolute atomic E-state index is 0.119. The number of fused-ring (bicyclic) bond motifs is 1. The molecule has 3 aromatic carbocycles. The van der Waals surface area contributed by atoms with E-state index in [1.807, 2.05) is 30.0 Å². The molecule has 10 heteroatoms. The zero-order valence-corrected chi connectivity index (χ0v) is 19.5. The number of morpholine rings is 1. The molecule has 0 saturated carbocycles. The minimum atomic E-state index is -0.471. The van der Waals surface area contributed by atoms with Crippen molar-refractivity contribution in [1.82, 2.24) is 4.98 Å². The Kier molecular flexibility index (Phi) is 6.10. The predicted molar refractivity (Wildman–Crippen MR) is 133 cm³/mol. The Labute approximate surface area is 205 Å². The van der Waals surface area contributed by atoms with E-state index in [-0.39, 0.29) is 11.3 Å². The largest absolute Gasteiger partial charge is 0.436 e. The van der Waals surface area contributed by atoms with Crippen molar-refractivity contribution < 1.29 is 18.9 Å². The Morgan fingerprint density at radius 1 is 1.11 bits per heavy atom. The van der Waals surface area contributed by atoms with E-state index in [1.54, 1.807) is 30.3 Å². The molecule has 1 N–H and O–H groups in total. The van der Waals surface area contributed by atoms with Crippen LogP contribution in [0.1, 0.15) is 15.9 Å². The number of aryl methyl sites for hydroxylation is 1. The molecule has 0 unspecified atom stereocenters. The maximum absolute atomic E-state index is 12.9. The number of rotatable bonds is 5. The van der Waals surface area contributed by atoms with Crippen LogP contribution in [0.15, 0.2) is 59.0 Å². The van der Waals surface area contributed by atoms with E-state index in [1.165, 1.54) is 6.07 Å². The average Bonchev–Trinajstić information content (AvgIpc) is 3.27. The summed E-state index contributed by atoms with van der Waals surface area (Å²) in [6, 6.07) is 15.2. The van der Waals surface area contributed by atoms with Crippen molar-refractivity contribution in [2.24, 2.45) is 0 Å². The highest BCUT2D eigenvalue weighted by Gasteiger charge is 2.23. The number of nitro groups is 1. The van der Waals surface area contributed by atoms with Crippen molar-refractivity contribution in [2.45, 2.75) is 6.92 Å². The molecule has 1 aliphatic rings. The van der Waals surface area contributed by atoms with E-state index in [0.29, 0.717) is 65.3 Å². The molecule has 1 fully saturated rings. The summed E-state index contributed by atoms with van der Waals surface area (Å²) < 4.78 is 11.2. The van der Waals surface area contributed by atoms with Gasteiger partial charge in [-0.1, -0.05) is 17.7 Å². The number of oxazole rings is 1. The summed E-state index contributed by atoms with van der Waals surface area (Å²) in [6.45, 7) is 4.06. The van der Waals surface area contributed by atoms with Crippen LogP contribution in [-0.2, 0) is 4.74 Å². The first kappa shape index (κ1) is 22.8. The number of amides is 1. The summed E-state index contributed by atoms with van der Waals surface area (Å²) in [5.74, 6) is -0.0888. The average molecular weight is 493 g/mol. The molecule has 9 nitrogen and oxygen atoms in total. The minimum Gasteiger partial charge on any atom is -0.436 e. The van der Waals surface area contributed by atoms with Gasteiger partial charge in [-0.05, 0) is 55.0 Å². The molecule has 178 valence electrons. The number of carbonyl (C=O) groups excluding carboxylic acids is 1. The van der Waals surface area contributed by atoms with E-state index in [9.17, 15) is 14.9 Å². The van der Waals surface area contributed by atoms with E-state index < -0.39 is 10.8 Å². The van der Waals surface area contributed by atoms with Gasteiger partial charge in [0.25, 0.3) is 11.6 Å². The lowest BCUT2D eigenvalue weighted by Crippen LogP contribution is -2.36. The lowest BCUT2D eigenvalue weighted by Gasteiger charge is -2.28. The van der Waals surface area contributed by atoms with Crippen LogP contribution >= 0.6 is 11.6 Å². The molecular weight excluding hydrogens is 472 g/mol. The molecular formula is C25H21ClN4O5. The van der Waals surface area contributed by atoms with Crippen LogP contribution in [0.5, 0.6) is 0 Å². The second-order valence-corrected chi connectivity index (χ2v) is 8.61. The monoisotopic (exact) mass is 492 g/mol. The van der Waals surface area contributed by atoms with Crippen LogP contribution in [0.4, 0.5) is 17.1 Å². The van der Waals surface area contributed by atoms with E-state index >= 15 is 0 Å². The Morgan fingerprint density at radius 2 is 1.91 bits per heavy atom. The fraction of sp³-hybridized carbons (Fsp3) is 0.200. The fourth-order valence-electron chi connectivity index (χ4n) is 4.00. The second-order valence-electron chi connectivity index (χ2n) is 8.20. The zero-order chi connectivity index (χ0) is 24.5. The number of nitrogens with one attached hydrogen (secondary N) is 1. The third-order valence-corrected chi connectivity index (χ3v) is 6.10. The molecule has 5 rings (SSSR count). The van der Waals surface area contributed by atoms with Crippen LogP contribution in [0.25, 0.3) is 22.6 Å². The number of nitro benzene ring substituents is 1. The molecule has 1 aliphatic heterocycles. The first-order valence-corrected chi connectivity index (χ1v) is 11.4. The number of nitrogens with zero attached hydrogens (tertiary/aromatic N) is 3. The first-order valence-electron chi connectivity index (χ1n) is 11.0. The molecule has 2 heterocycles. The Bertz CT molecular complexity index is 1450. The molecule has 4 aromatic rings. The summed E-state index contributed by atoms with van der Waals surface area (Å²) in [5.41, 5.74) is 3.80. The third-order valence-electron chi connectivity index (χ3n) is 5.79. The third kappa shape index (κ3) is 4.68. The van der Waals surface area contributed by atoms with Gasteiger partial charge in [-0.25, -0.2) is 4.98 Å². The van der Waals surface area contributed by atoms with Crippen molar-refractivity contribution in [2.75, 3.05) is 36.5 Å². The lowest BCUT2D eigenvalue weighted by molar-refractivity contribution is -0.384.